The molecule has 3 heterocycles. The number of carbonyl (C=O) groups is 1. The van der Waals surface area contributed by atoms with Crippen LogP contribution in [-0.4, -0.2) is 32.1 Å². The number of nitrogens with zero attached hydrogens (tertiary/aromatic N) is 4. The minimum atomic E-state index is -2.70. The molecule has 9 heteroatoms. The Morgan fingerprint density at radius 2 is 2.07 bits per heavy atom. The Morgan fingerprint density at radius 3 is 2.80 bits per heavy atom. The van der Waals surface area contributed by atoms with Crippen LogP contribution in [0.25, 0.3) is 0 Å². The number of hydrogen-bond donors (Lipinski definition) is 0. The summed E-state index contributed by atoms with van der Waals surface area (Å²) >= 11 is 0. The van der Waals surface area contributed by atoms with Crippen LogP contribution in [0.5, 0.6) is 0 Å². The zero-order chi connectivity index (χ0) is 21.3. The Kier molecular flexibility index (Phi) is 5.61. The third-order valence-electron chi connectivity index (χ3n) is 5.16. The lowest BCUT2D eigenvalue weighted by Crippen LogP contribution is -2.34. The number of alkyl halides is 2. The van der Waals surface area contributed by atoms with Crippen LogP contribution in [0.1, 0.15) is 53.9 Å². The highest BCUT2D eigenvalue weighted by Crippen LogP contribution is 2.32. The second kappa shape index (κ2) is 8.33. The maximum absolute atomic E-state index is 13.2. The van der Waals surface area contributed by atoms with E-state index < -0.39 is 6.43 Å². The Balaban J connectivity index is 1.46. The molecule has 0 radical (unpaired) electrons. The van der Waals surface area contributed by atoms with E-state index in [-0.39, 0.29) is 30.0 Å². The van der Waals surface area contributed by atoms with Gasteiger partial charge in [0.15, 0.2) is 0 Å². The molecule has 0 unspecified atom stereocenters. The van der Waals surface area contributed by atoms with Gasteiger partial charge in [-0.2, -0.15) is 5.10 Å². The number of aryl methyl sites for hydroxylation is 1. The second-order valence-corrected chi connectivity index (χ2v) is 7.38. The van der Waals surface area contributed by atoms with Gasteiger partial charge in [0.05, 0.1) is 11.9 Å². The van der Waals surface area contributed by atoms with Crippen molar-refractivity contribution in [3.05, 3.63) is 70.9 Å². The average molecular weight is 418 g/mol. The number of halogens is 3. The predicted octanol–water partition coefficient (Wildman–Crippen LogP) is 4.21. The van der Waals surface area contributed by atoms with Crippen molar-refractivity contribution in [1.82, 2.24) is 19.7 Å². The van der Waals surface area contributed by atoms with Crippen molar-refractivity contribution in [2.24, 2.45) is 0 Å². The zero-order valence-electron chi connectivity index (χ0n) is 16.4. The van der Waals surface area contributed by atoms with Crippen molar-refractivity contribution in [1.29, 1.82) is 0 Å². The van der Waals surface area contributed by atoms with Gasteiger partial charge in [-0.05, 0) is 43.5 Å². The topological polar surface area (TPSA) is 64.2 Å². The smallest absolute Gasteiger partial charge is 0.280 e. The van der Waals surface area contributed by atoms with Crippen LogP contribution < -0.4 is 0 Å². The standard InChI is InChI=1S/C21H21F3N4O2/c1-13-9-18(20(23)24)28(26-13)12-19(29)27-8-2-3-17(27)21-25-11-16(30-21)10-14-4-6-15(22)7-5-14/h4-7,9,11,17,20H,2-3,8,10,12H2,1H3/t17-/m0/s1. The van der Waals surface area contributed by atoms with Crippen LogP contribution in [0, 0.1) is 12.7 Å². The Labute approximate surface area is 171 Å². The molecule has 0 spiro atoms. The monoisotopic (exact) mass is 418 g/mol. The summed E-state index contributed by atoms with van der Waals surface area (Å²) in [5, 5.41) is 4.02. The van der Waals surface area contributed by atoms with E-state index in [4.69, 9.17) is 4.42 Å². The highest BCUT2D eigenvalue weighted by atomic mass is 19.3. The number of aromatic nitrogens is 3. The lowest BCUT2D eigenvalue weighted by molar-refractivity contribution is -0.133. The molecule has 0 bridgehead atoms. The largest absolute Gasteiger partial charge is 0.443 e. The fourth-order valence-electron chi connectivity index (χ4n) is 3.77. The molecular formula is C21H21F3N4O2. The minimum Gasteiger partial charge on any atom is -0.443 e. The van der Waals surface area contributed by atoms with Crippen LogP contribution in [0.3, 0.4) is 0 Å². The van der Waals surface area contributed by atoms with Crippen LogP contribution in [0.15, 0.2) is 40.9 Å². The molecular weight excluding hydrogens is 397 g/mol. The van der Waals surface area contributed by atoms with E-state index in [1.807, 2.05) is 0 Å². The number of hydrogen-bond acceptors (Lipinski definition) is 4. The third kappa shape index (κ3) is 4.24. The third-order valence-corrected chi connectivity index (χ3v) is 5.16. The van der Waals surface area contributed by atoms with Gasteiger partial charge >= 0.3 is 0 Å². The lowest BCUT2D eigenvalue weighted by atomic mass is 10.1. The first-order chi connectivity index (χ1) is 14.4. The van der Waals surface area contributed by atoms with E-state index in [0.29, 0.717) is 36.7 Å². The molecule has 1 aromatic carbocycles. The van der Waals surface area contributed by atoms with E-state index in [0.717, 1.165) is 16.7 Å². The van der Waals surface area contributed by atoms with Crippen molar-refractivity contribution in [2.75, 3.05) is 6.54 Å². The quantitative estimate of drug-likeness (QED) is 0.602. The molecule has 1 amide bonds. The number of rotatable bonds is 6. The Morgan fingerprint density at radius 1 is 1.30 bits per heavy atom. The predicted molar refractivity (Wildman–Crippen MR) is 101 cm³/mol. The summed E-state index contributed by atoms with van der Waals surface area (Å²) in [6.07, 6.45) is 0.812. The molecule has 0 N–H and O–H groups in total. The molecule has 30 heavy (non-hydrogen) atoms. The first-order valence-electron chi connectivity index (χ1n) is 9.71. The van der Waals surface area contributed by atoms with Crippen molar-refractivity contribution < 1.29 is 22.4 Å². The fraction of sp³-hybridized carbons (Fsp3) is 0.381. The van der Waals surface area contributed by atoms with E-state index >= 15 is 0 Å². The van der Waals surface area contributed by atoms with E-state index in [9.17, 15) is 18.0 Å². The first kappa shape index (κ1) is 20.2. The zero-order valence-corrected chi connectivity index (χ0v) is 16.4. The number of likely N-dealkylation sites (tertiary alicyclic amines) is 1. The van der Waals surface area contributed by atoms with Crippen LogP contribution in [-0.2, 0) is 17.8 Å². The summed E-state index contributed by atoms with van der Waals surface area (Å²) in [6, 6.07) is 7.06. The molecule has 0 aliphatic carbocycles. The lowest BCUT2D eigenvalue weighted by Gasteiger charge is -2.22. The maximum Gasteiger partial charge on any atom is 0.280 e. The van der Waals surface area contributed by atoms with Gasteiger partial charge in [-0.3, -0.25) is 9.48 Å². The average Bonchev–Trinajstić information content (AvgIpc) is 3.43. The highest BCUT2D eigenvalue weighted by molar-refractivity contribution is 5.76. The molecule has 1 aliphatic heterocycles. The molecule has 3 aromatic rings. The van der Waals surface area contributed by atoms with E-state index in [2.05, 4.69) is 10.1 Å². The molecule has 158 valence electrons. The van der Waals surface area contributed by atoms with Crippen LogP contribution in [0.4, 0.5) is 13.2 Å². The number of amides is 1. The van der Waals surface area contributed by atoms with Gasteiger partial charge in [0, 0.05) is 13.0 Å². The molecule has 1 atom stereocenters. The van der Waals surface area contributed by atoms with Gasteiger partial charge in [0.25, 0.3) is 6.43 Å². The summed E-state index contributed by atoms with van der Waals surface area (Å²) < 4.78 is 46.3. The summed E-state index contributed by atoms with van der Waals surface area (Å²) in [5.74, 6) is 0.419. The van der Waals surface area contributed by atoms with Crippen molar-refractivity contribution in [3.8, 4) is 0 Å². The van der Waals surface area contributed by atoms with Gasteiger partial charge < -0.3 is 9.32 Å². The highest BCUT2D eigenvalue weighted by Gasteiger charge is 2.34. The van der Waals surface area contributed by atoms with Gasteiger partial charge in [-0.15, -0.1) is 0 Å². The first-order valence-corrected chi connectivity index (χ1v) is 9.71. The summed E-state index contributed by atoms with van der Waals surface area (Å²) in [7, 11) is 0. The Hall–Kier alpha value is -3.10. The Bertz CT molecular complexity index is 1030. The molecule has 1 fully saturated rings. The van der Waals surface area contributed by atoms with Crippen LogP contribution >= 0.6 is 0 Å². The molecule has 1 saturated heterocycles. The normalized spacial score (nSPS) is 16.6. The fourth-order valence-corrected chi connectivity index (χ4v) is 3.77. The summed E-state index contributed by atoms with van der Waals surface area (Å²) in [4.78, 5) is 18.8. The van der Waals surface area contributed by atoms with E-state index in [1.165, 1.54) is 18.2 Å². The van der Waals surface area contributed by atoms with Gasteiger partial charge in [0.1, 0.15) is 29.9 Å². The van der Waals surface area contributed by atoms with Gasteiger partial charge in [-0.25, -0.2) is 18.2 Å². The molecule has 2 aromatic heterocycles. The SMILES string of the molecule is Cc1cc(C(F)F)n(CC(=O)N2CCC[C@H]2c2ncc(Cc3ccc(F)cc3)o2)n1. The van der Waals surface area contributed by atoms with Gasteiger partial charge in [0.2, 0.25) is 11.8 Å². The summed E-state index contributed by atoms with van der Waals surface area (Å²) in [6.45, 7) is 1.86. The molecule has 4 rings (SSSR count). The minimum absolute atomic E-state index is 0.257. The summed E-state index contributed by atoms with van der Waals surface area (Å²) in [5.41, 5.74) is 1.05. The maximum atomic E-state index is 13.2. The second-order valence-electron chi connectivity index (χ2n) is 7.38. The van der Waals surface area contributed by atoms with Crippen molar-refractivity contribution in [2.45, 2.75) is 45.2 Å². The van der Waals surface area contributed by atoms with E-state index in [1.54, 1.807) is 30.2 Å². The molecule has 6 nitrogen and oxygen atoms in total. The molecule has 1 aliphatic rings. The number of benzene rings is 1. The van der Waals surface area contributed by atoms with Gasteiger partial charge in [-0.1, -0.05) is 12.1 Å². The number of oxazole rings is 1. The van der Waals surface area contributed by atoms with Crippen LogP contribution in [0.2, 0.25) is 0 Å². The number of carbonyl (C=O) groups excluding carboxylic acids is 1. The van der Waals surface area contributed by atoms with Crippen molar-refractivity contribution in [3.63, 3.8) is 0 Å². The molecule has 0 saturated carbocycles. The van der Waals surface area contributed by atoms with Crippen molar-refractivity contribution >= 4 is 5.91 Å².